The average Bonchev–Trinajstić information content (AvgIpc) is 2.63. The molecule has 0 spiro atoms. The van der Waals surface area contributed by atoms with Crippen molar-refractivity contribution in [1.82, 2.24) is 15.2 Å². The van der Waals surface area contributed by atoms with Gasteiger partial charge in [-0.1, -0.05) is 23.2 Å². The standard InChI is InChI=1S/C8H4Cl3N3O2S/c9-5-1-4(2-6(10)3-5)7-12-8(14-13-7)17(11,15)16/h1-3H,(H,12,13,14). The number of aromatic nitrogens is 3. The molecule has 0 aliphatic carbocycles. The number of benzene rings is 1. The van der Waals surface area contributed by atoms with Crippen molar-refractivity contribution in [2.75, 3.05) is 0 Å². The van der Waals surface area contributed by atoms with Crippen LogP contribution in [0.3, 0.4) is 0 Å². The van der Waals surface area contributed by atoms with E-state index in [1.165, 1.54) is 0 Å². The summed E-state index contributed by atoms with van der Waals surface area (Å²) in [5, 5.41) is 6.30. The second-order valence-electron chi connectivity index (χ2n) is 3.06. The highest BCUT2D eigenvalue weighted by Crippen LogP contribution is 2.25. The first kappa shape index (κ1) is 12.6. The molecule has 2 aromatic rings. The number of hydrogen-bond acceptors (Lipinski definition) is 4. The lowest BCUT2D eigenvalue weighted by molar-refractivity contribution is 0.602. The molecule has 0 saturated carbocycles. The van der Waals surface area contributed by atoms with E-state index < -0.39 is 14.2 Å². The molecule has 2 rings (SSSR count). The third kappa shape index (κ3) is 2.90. The molecular formula is C8H4Cl3N3O2S. The SMILES string of the molecule is O=S(=O)(Cl)c1nc(-c2cc(Cl)cc(Cl)c2)n[nH]1. The third-order valence-corrected chi connectivity index (χ3v) is 3.34. The van der Waals surface area contributed by atoms with Crippen LogP contribution in [0.25, 0.3) is 11.4 Å². The fourth-order valence-electron chi connectivity index (χ4n) is 1.17. The zero-order chi connectivity index (χ0) is 12.6. The second-order valence-corrected chi connectivity index (χ2v) is 6.41. The minimum absolute atomic E-state index is 0.147. The highest BCUT2D eigenvalue weighted by Gasteiger charge is 2.17. The number of nitrogens with one attached hydrogen (secondary N) is 1. The maximum absolute atomic E-state index is 11.0. The Labute approximate surface area is 111 Å². The van der Waals surface area contributed by atoms with E-state index in [2.05, 4.69) is 15.2 Å². The summed E-state index contributed by atoms with van der Waals surface area (Å²) >= 11 is 11.6. The first-order valence-electron chi connectivity index (χ1n) is 4.20. The van der Waals surface area contributed by atoms with Gasteiger partial charge >= 0.3 is 0 Å². The highest BCUT2D eigenvalue weighted by atomic mass is 35.7. The molecule has 17 heavy (non-hydrogen) atoms. The lowest BCUT2D eigenvalue weighted by Gasteiger charge is -1.97. The van der Waals surface area contributed by atoms with Crippen molar-refractivity contribution in [2.45, 2.75) is 5.16 Å². The zero-order valence-electron chi connectivity index (χ0n) is 7.99. The van der Waals surface area contributed by atoms with Gasteiger partial charge in [-0.15, -0.1) is 0 Å². The largest absolute Gasteiger partial charge is 0.296 e. The molecule has 0 atom stereocenters. The summed E-state index contributed by atoms with van der Waals surface area (Å²) in [6, 6.07) is 4.65. The van der Waals surface area contributed by atoms with Crippen LogP contribution in [-0.4, -0.2) is 23.6 Å². The normalized spacial score (nSPS) is 11.7. The van der Waals surface area contributed by atoms with Crippen LogP contribution in [0.15, 0.2) is 23.4 Å². The minimum Gasteiger partial charge on any atom is -0.248 e. The van der Waals surface area contributed by atoms with Crippen molar-refractivity contribution in [2.24, 2.45) is 0 Å². The molecule has 0 saturated heterocycles. The van der Waals surface area contributed by atoms with Crippen molar-refractivity contribution in [3.63, 3.8) is 0 Å². The second kappa shape index (κ2) is 4.45. The Morgan fingerprint density at radius 2 is 1.71 bits per heavy atom. The molecule has 90 valence electrons. The van der Waals surface area contributed by atoms with Crippen molar-refractivity contribution in [3.05, 3.63) is 28.2 Å². The Hall–Kier alpha value is -0.820. The number of rotatable bonds is 2. The smallest absolute Gasteiger partial charge is 0.248 e. The van der Waals surface area contributed by atoms with Crippen LogP contribution in [0, 0.1) is 0 Å². The molecule has 0 bridgehead atoms. The summed E-state index contributed by atoms with van der Waals surface area (Å²) < 4.78 is 22.0. The number of H-pyrrole nitrogens is 1. The topological polar surface area (TPSA) is 75.7 Å². The van der Waals surface area contributed by atoms with Crippen LogP contribution < -0.4 is 0 Å². The van der Waals surface area contributed by atoms with Crippen molar-refractivity contribution >= 4 is 42.9 Å². The van der Waals surface area contributed by atoms with Crippen molar-refractivity contribution < 1.29 is 8.42 Å². The maximum atomic E-state index is 11.0. The van der Waals surface area contributed by atoms with Crippen LogP contribution in [0.1, 0.15) is 0 Å². The monoisotopic (exact) mass is 311 g/mol. The summed E-state index contributed by atoms with van der Waals surface area (Å²) in [4.78, 5) is 3.73. The van der Waals surface area contributed by atoms with Crippen LogP contribution in [0.5, 0.6) is 0 Å². The average molecular weight is 313 g/mol. The minimum atomic E-state index is -3.93. The van der Waals surface area contributed by atoms with E-state index in [0.29, 0.717) is 15.6 Å². The Bertz CT molecular complexity index is 648. The first-order chi connectivity index (χ1) is 7.86. The van der Waals surface area contributed by atoms with Crippen molar-refractivity contribution in [1.29, 1.82) is 0 Å². The van der Waals surface area contributed by atoms with E-state index in [1.807, 2.05) is 0 Å². The molecule has 1 aromatic carbocycles. The molecule has 1 aromatic heterocycles. The molecule has 0 fully saturated rings. The van der Waals surface area contributed by atoms with Crippen LogP contribution in [0.4, 0.5) is 0 Å². The van der Waals surface area contributed by atoms with Crippen molar-refractivity contribution in [3.8, 4) is 11.4 Å². The van der Waals surface area contributed by atoms with Gasteiger partial charge < -0.3 is 0 Å². The van der Waals surface area contributed by atoms with Gasteiger partial charge in [0.25, 0.3) is 14.2 Å². The van der Waals surface area contributed by atoms with Gasteiger partial charge in [-0.25, -0.2) is 13.5 Å². The summed E-state index contributed by atoms with van der Waals surface area (Å²) in [6.07, 6.45) is 0. The molecule has 9 heteroatoms. The fraction of sp³-hybridized carbons (Fsp3) is 0. The van der Waals surface area contributed by atoms with E-state index in [4.69, 9.17) is 33.9 Å². The lowest BCUT2D eigenvalue weighted by Crippen LogP contribution is -1.92. The maximum Gasteiger partial charge on any atom is 0.296 e. The summed E-state index contributed by atoms with van der Waals surface area (Å²) in [5.41, 5.74) is 0.491. The van der Waals surface area contributed by atoms with E-state index in [-0.39, 0.29) is 5.82 Å². The van der Waals surface area contributed by atoms with E-state index in [9.17, 15) is 8.42 Å². The van der Waals surface area contributed by atoms with Gasteiger partial charge in [0.05, 0.1) is 0 Å². The lowest BCUT2D eigenvalue weighted by atomic mass is 10.2. The molecule has 0 radical (unpaired) electrons. The van der Waals surface area contributed by atoms with Crippen LogP contribution in [-0.2, 0) is 9.05 Å². The predicted octanol–water partition coefficient (Wildman–Crippen LogP) is 2.71. The van der Waals surface area contributed by atoms with Crippen LogP contribution in [0.2, 0.25) is 10.0 Å². The molecule has 1 heterocycles. The van der Waals surface area contributed by atoms with Gasteiger partial charge in [-0.05, 0) is 18.2 Å². The van der Waals surface area contributed by atoms with Gasteiger partial charge in [0.1, 0.15) is 0 Å². The molecule has 5 nitrogen and oxygen atoms in total. The Kier molecular flexibility index (Phi) is 3.31. The van der Waals surface area contributed by atoms with Gasteiger partial charge in [0.2, 0.25) is 0 Å². The number of halogens is 3. The Balaban J connectivity index is 2.51. The molecule has 0 aliphatic rings. The van der Waals surface area contributed by atoms with E-state index in [1.54, 1.807) is 18.2 Å². The fourth-order valence-corrected chi connectivity index (χ4v) is 2.25. The van der Waals surface area contributed by atoms with Gasteiger partial charge in [0, 0.05) is 26.3 Å². The molecule has 1 N–H and O–H groups in total. The molecule has 0 unspecified atom stereocenters. The number of aromatic amines is 1. The zero-order valence-corrected chi connectivity index (χ0v) is 11.1. The van der Waals surface area contributed by atoms with E-state index in [0.717, 1.165) is 0 Å². The number of hydrogen-bond donors (Lipinski definition) is 1. The molecule has 0 amide bonds. The van der Waals surface area contributed by atoms with Crippen LogP contribution >= 0.6 is 33.9 Å². The van der Waals surface area contributed by atoms with E-state index >= 15 is 0 Å². The third-order valence-electron chi connectivity index (χ3n) is 1.82. The van der Waals surface area contributed by atoms with Gasteiger partial charge in [-0.3, -0.25) is 0 Å². The number of nitrogens with zero attached hydrogens (tertiary/aromatic N) is 2. The molecule has 0 aliphatic heterocycles. The Morgan fingerprint density at radius 3 is 2.18 bits per heavy atom. The Morgan fingerprint density at radius 1 is 1.12 bits per heavy atom. The quantitative estimate of drug-likeness (QED) is 0.865. The highest BCUT2D eigenvalue weighted by molar-refractivity contribution is 8.13. The van der Waals surface area contributed by atoms with Gasteiger partial charge in [-0.2, -0.15) is 10.1 Å². The first-order valence-corrected chi connectivity index (χ1v) is 7.26. The summed E-state index contributed by atoms with van der Waals surface area (Å²) in [7, 11) is 1.18. The summed E-state index contributed by atoms with van der Waals surface area (Å²) in [6.45, 7) is 0. The van der Waals surface area contributed by atoms with Gasteiger partial charge in [0.15, 0.2) is 5.82 Å². The summed E-state index contributed by atoms with van der Waals surface area (Å²) in [5.74, 6) is 0.147. The predicted molar refractivity (Wildman–Crippen MR) is 64.9 cm³/mol. The molecular weight excluding hydrogens is 309 g/mol.